The molecule has 0 radical (unpaired) electrons. The van der Waals surface area contributed by atoms with Crippen molar-refractivity contribution in [2.24, 2.45) is 5.92 Å². The standard InChI is InChI=1S/C18H28N4O4/c1-12(2)5-4-6-16(23)22(26)18(25)21-15(17(24)20-3)11-13-7-9-14(19)10-8-13/h7-10,12,15,26H,4-6,11,19H2,1-3H3,(H,20,24)(H,21,25)/t15-/m0/s1. The van der Waals surface area contributed by atoms with Crippen molar-refractivity contribution in [2.75, 3.05) is 12.8 Å². The Morgan fingerprint density at radius 2 is 1.81 bits per heavy atom. The second-order valence-corrected chi connectivity index (χ2v) is 6.55. The van der Waals surface area contributed by atoms with E-state index in [0.717, 1.165) is 12.0 Å². The maximum absolute atomic E-state index is 12.1. The van der Waals surface area contributed by atoms with Gasteiger partial charge in [0.15, 0.2) is 0 Å². The molecule has 1 atom stereocenters. The van der Waals surface area contributed by atoms with Gasteiger partial charge in [0, 0.05) is 25.6 Å². The summed E-state index contributed by atoms with van der Waals surface area (Å²) in [6.07, 6.45) is 1.65. The Kier molecular flexibility index (Phi) is 8.57. The van der Waals surface area contributed by atoms with Crippen LogP contribution in [0.3, 0.4) is 0 Å². The quantitative estimate of drug-likeness (QED) is 0.317. The number of carbonyl (C=O) groups is 3. The molecule has 4 amide bonds. The van der Waals surface area contributed by atoms with E-state index in [1.807, 2.05) is 13.8 Å². The van der Waals surface area contributed by atoms with Crippen molar-refractivity contribution >= 4 is 23.5 Å². The number of nitrogen functional groups attached to an aromatic ring is 1. The number of urea groups is 1. The van der Waals surface area contributed by atoms with E-state index in [1.54, 1.807) is 24.3 Å². The SMILES string of the molecule is CNC(=O)[C@H](Cc1ccc(N)cc1)NC(=O)N(O)C(=O)CCCC(C)C. The summed E-state index contributed by atoms with van der Waals surface area (Å²) in [7, 11) is 1.44. The van der Waals surface area contributed by atoms with E-state index >= 15 is 0 Å². The van der Waals surface area contributed by atoms with Crippen LogP contribution in [0, 0.1) is 5.92 Å². The number of hydrogen-bond donors (Lipinski definition) is 4. The van der Waals surface area contributed by atoms with Gasteiger partial charge in [-0.15, -0.1) is 5.06 Å². The van der Waals surface area contributed by atoms with Crippen molar-refractivity contribution < 1.29 is 19.6 Å². The highest BCUT2D eigenvalue weighted by atomic mass is 16.5. The molecule has 0 aliphatic rings. The molecule has 144 valence electrons. The number of nitrogens with zero attached hydrogens (tertiary/aromatic N) is 1. The number of anilines is 1. The molecule has 26 heavy (non-hydrogen) atoms. The van der Waals surface area contributed by atoms with Gasteiger partial charge in [0.1, 0.15) is 6.04 Å². The first-order valence-electron chi connectivity index (χ1n) is 8.63. The van der Waals surface area contributed by atoms with Crippen LogP contribution in [0.1, 0.15) is 38.7 Å². The van der Waals surface area contributed by atoms with Crippen molar-refractivity contribution in [2.45, 2.75) is 45.6 Å². The average Bonchev–Trinajstić information content (AvgIpc) is 2.61. The van der Waals surface area contributed by atoms with Gasteiger partial charge < -0.3 is 16.4 Å². The van der Waals surface area contributed by atoms with E-state index in [-0.39, 0.29) is 17.9 Å². The summed E-state index contributed by atoms with van der Waals surface area (Å²) in [6, 6.07) is 4.90. The molecule has 0 aromatic heterocycles. The van der Waals surface area contributed by atoms with E-state index in [4.69, 9.17) is 5.73 Å². The summed E-state index contributed by atoms with van der Waals surface area (Å²) in [6.45, 7) is 4.05. The van der Waals surface area contributed by atoms with E-state index in [9.17, 15) is 19.6 Å². The highest BCUT2D eigenvalue weighted by Crippen LogP contribution is 2.10. The number of nitrogens with two attached hydrogens (primary N) is 1. The van der Waals surface area contributed by atoms with Crippen LogP contribution in [-0.2, 0) is 16.0 Å². The topological polar surface area (TPSA) is 125 Å². The van der Waals surface area contributed by atoms with Crippen molar-refractivity contribution in [3.63, 3.8) is 0 Å². The largest absolute Gasteiger partial charge is 0.399 e. The number of hydroxylamine groups is 2. The zero-order valence-corrected chi connectivity index (χ0v) is 15.5. The van der Waals surface area contributed by atoms with Crippen molar-refractivity contribution in [3.05, 3.63) is 29.8 Å². The number of nitrogens with one attached hydrogen (secondary N) is 2. The van der Waals surface area contributed by atoms with E-state index in [0.29, 0.717) is 18.0 Å². The number of imide groups is 1. The zero-order chi connectivity index (χ0) is 19.7. The molecule has 0 bridgehead atoms. The Bertz CT molecular complexity index is 616. The highest BCUT2D eigenvalue weighted by molar-refractivity contribution is 5.95. The molecule has 0 aliphatic carbocycles. The Labute approximate surface area is 153 Å². The smallest absolute Gasteiger partial charge is 0.349 e. The molecule has 0 spiro atoms. The van der Waals surface area contributed by atoms with Crippen LogP contribution in [0.15, 0.2) is 24.3 Å². The third-order valence-corrected chi connectivity index (χ3v) is 3.88. The van der Waals surface area contributed by atoms with Gasteiger partial charge in [0.05, 0.1) is 0 Å². The number of rotatable bonds is 8. The normalized spacial score (nSPS) is 11.7. The lowest BCUT2D eigenvalue weighted by molar-refractivity contribution is -0.153. The van der Waals surface area contributed by atoms with Gasteiger partial charge in [-0.3, -0.25) is 14.8 Å². The van der Waals surface area contributed by atoms with E-state index < -0.39 is 23.9 Å². The van der Waals surface area contributed by atoms with Crippen LogP contribution < -0.4 is 16.4 Å². The number of benzene rings is 1. The molecule has 0 saturated heterocycles. The molecule has 1 aromatic rings. The minimum Gasteiger partial charge on any atom is -0.399 e. The first kappa shape index (κ1) is 21.4. The second kappa shape index (κ2) is 10.4. The van der Waals surface area contributed by atoms with Gasteiger partial charge >= 0.3 is 6.03 Å². The average molecular weight is 364 g/mol. The molecule has 0 unspecified atom stereocenters. The van der Waals surface area contributed by atoms with Crippen LogP contribution in [0.2, 0.25) is 0 Å². The van der Waals surface area contributed by atoms with Gasteiger partial charge in [-0.2, -0.15) is 0 Å². The lowest BCUT2D eigenvalue weighted by Gasteiger charge is -2.20. The Morgan fingerprint density at radius 3 is 2.35 bits per heavy atom. The van der Waals surface area contributed by atoms with Gasteiger partial charge in [0.25, 0.3) is 5.91 Å². The van der Waals surface area contributed by atoms with Crippen LogP contribution in [-0.4, -0.2) is 41.2 Å². The van der Waals surface area contributed by atoms with Gasteiger partial charge in [-0.05, 0) is 30.0 Å². The lowest BCUT2D eigenvalue weighted by Crippen LogP contribution is -2.52. The Morgan fingerprint density at radius 1 is 1.19 bits per heavy atom. The van der Waals surface area contributed by atoms with E-state index in [1.165, 1.54) is 7.05 Å². The van der Waals surface area contributed by atoms with Crippen LogP contribution >= 0.6 is 0 Å². The van der Waals surface area contributed by atoms with Crippen LogP contribution in [0.5, 0.6) is 0 Å². The number of hydrogen-bond acceptors (Lipinski definition) is 5. The summed E-state index contributed by atoms with van der Waals surface area (Å²) in [5, 5.41) is 14.7. The second-order valence-electron chi connectivity index (χ2n) is 6.55. The fourth-order valence-electron chi connectivity index (χ4n) is 2.36. The third-order valence-electron chi connectivity index (χ3n) is 3.88. The summed E-state index contributed by atoms with van der Waals surface area (Å²) < 4.78 is 0. The fourth-order valence-corrected chi connectivity index (χ4v) is 2.36. The number of amides is 4. The summed E-state index contributed by atoms with van der Waals surface area (Å²) >= 11 is 0. The molecule has 0 aliphatic heterocycles. The molecule has 8 heteroatoms. The van der Waals surface area contributed by atoms with Gasteiger partial charge in [0.2, 0.25) is 5.91 Å². The molecule has 1 aromatic carbocycles. The molecule has 5 N–H and O–H groups in total. The summed E-state index contributed by atoms with van der Waals surface area (Å²) in [5.41, 5.74) is 6.99. The zero-order valence-electron chi connectivity index (χ0n) is 15.5. The molecular formula is C18H28N4O4. The van der Waals surface area contributed by atoms with Gasteiger partial charge in [-0.1, -0.05) is 32.4 Å². The predicted molar refractivity (Wildman–Crippen MR) is 98.3 cm³/mol. The predicted octanol–water partition coefficient (Wildman–Crippen LogP) is 1.68. The van der Waals surface area contributed by atoms with Crippen LogP contribution in [0.4, 0.5) is 10.5 Å². The summed E-state index contributed by atoms with van der Waals surface area (Å²) in [5.74, 6) is -0.705. The number of likely N-dealkylation sites (N-methyl/N-ethyl adjacent to an activating group) is 1. The Balaban J connectivity index is 2.68. The third kappa shape index (κ3) is 7.10. The maximum atomic E-state index is 12.1. The molecule has 0 saturated carbocycles. The first-order chi connectivity index (χ1) is 12.2. The fraction of sp³-hybridized carbons (Fsp3) is 0.500. The monoisotopic (exact) mass is 364 g/mol. The molecular weight excluding hydrogens is 336 g/mol. The molecule has 0 heterocycles. The van der Waals surface area contributed by atoms with Gasteiger partial charge in [-0.25, -0.2) is 4.79 Å². The Hall–Kier alpha value is -2.61. The summed E-state index contributed by atoms with van der Waals surface area (Å²) in [4.78, 5) is 36.0. The minimum absolute atomic E-state index is 0.0409. The highest BCUT2D eigenvalue weighted by Gasteiger charge is 2.25. The lowest BCUT2D eigenvalue weighted by atomic mass is 10.0. The molecule has 1 rings (SSSR count). The molecule has 8 nitrogen and oxygen atoms in total. The van der Waals surface area contributed by atoms with Crippen molar-refractivity contribution in [3.8, 4) is 0 Å². The first-order valence-corrected chi connectivity index (χ1v) is 8.63. The van der Waals surface area contributed by atoms with Crippen LogP contribution in [0.25, 0.3) is 0 Å². The minimum atomic E-state index is -1.02. The number of carbonyl (C=O) groups excluding carboxylic acids is 3. The van der Waals surface area contributed by atoms with Crippen molar-refractivity contribution in [1.82, 2.24) is 15.7 Å². The maximum Gasteiger partial charge on any atom is 0.349 e. The van der Waals surface area contributed by atoms with E-state index in [2.05, 4.69) is 10.6 Å². The molecule has 0 fully saturated rings. The van der Waals surface area contributed by atoms with Crippen molar-refractivity contribution in [1.29, 1.82) is 0 Å².